The van der Waals surface area contributed by atoms with Crippen LogP contribution in [0.2, 0.25) is 0 Å². The molecule has 3 heterocycles. The summed E-state index contributed by atoms with van der Waals surface area (Å²) in [4.78, 5) is 11.4. The fraction of sp³-hybridized carbons (Fsp3) is 0.310. The van der Waals surface area contributed by atoms with E-state index < -0.39 is 22.0 Å². The summed E-state index contributed by atoms with van der Waals surface area (Å²) in [5, 5.41) is 0. The van der Waals surface area contributed by atoms with Gasteiger partial charge in [0.2, 0.25) is 0 Å². The molecule has 0 aliphatic carbocycles. The molecule has 1 fully saturated rings. The molecule has 2 aromatic carbocycles. The molecule has 1 saturated heterocycles. The molecule has 0 radical (unpaired) electrons. The third-order valence-corrected chi connectivity index (χ3v) is 7.19. The number of hydrogen-bond donors (Lipinski definition) is 2. The van der Waals surface area contributed by atoms with Gasteiger partial charge in [-0.05, 0) is 61.7 Å². The van der Waals surface area contributed by atoms with Crippen LogP contribution < -0.4 is 24.6 Å². The van der Waals surface area contributed by atoms with Gasteiger partial charge in [0.05, 0.1) is 31.9 Å². The van der Waals surface area contributed by atoms with Gasteiger partial charge >= 0.3 is 6.18 Å². The number of nitrogens with zero attached hydrogens (tertiary/aromatic N) is 4. The highest BCUT2D eigenvalue weighted by molar-refractivity contribution is 5.79. The highest BCUT2D eigenvalue weighted by atomic mass is 35.7. The maximum atomic E-state index is 13.5. The maximum absolute atomic E-state index is 13.5. The lowest BCUT2D eigenvalue weighted by atomic mass is 9.95. The lowest BCUT2D eigenvalue weighted by Crippen LogP contribution is -2.58. The molecule has 1 aliphatic heterocycles. The summed E-state index contributed by atoms with van der Waals surface area (Å²) in [7, 11) is -2.74. The van der Waals surface area contributed by atoms with E-state index in [0.29, 0.717) is 11.3 Å². The van der Waals surface area contributed by atoms with Crippen molar-refractivity contribution in [3.63, 3.8) is 0 Å². The van der Waals surface area contributed by atoms with Gasteiger partial charge in [-0.25, -0.2) is 4.98 Å². The van der Waals surface area contributed by atoms with E-state index in [4.69, 9.17) is 29.4 Å². The van der Waals surface area contributed by atoms with Gasteiger partial charge in [-0.1, -0.05) is 24.3 Å². The monoisotopic (exact) mass is 605 g/mol. The standard InChI is InChI=1S/C29H30F3N5.ClHO4/c1-19(33)20-6-8-25(9-7-20)37-16-12-22(13-17-37)28-35-26(23-4-3-5-24(18-23)29(30,31)32)27(36(28)2)21-10-14-34-15-11-21;2-1(3,4)5/h3-11,14-15,18-19,22H,12-13,16-17,33H2,1-2H3;(H,2,3,4,5)/t19-;/m0./s1. The molecule has 0 saturated carbocycles. The van der Waals surface area contributed by atoms with E-state index in [1.165, 1.54) is 17.8 Å². The van der Waals surface area contributed by atoms with Crippen molar-refractivity contribution in [1.29, 1.82) is 0 Å². The molecular formula is C29H31ClF3N5O4. The first kappa shape index (κ1) is 31.4. The van der Waals surface area contributed by atoms with Crippen LogP contribution in [-0.2, 0) is 13.2 Å². The molecule has 1 aliphatic rings. The number of hydrogen-bond acceptors (Lipinski definition) is 8. The Bertz CT molecular complexity index is 1460. The third kappa shape index (κ3) is 7.85. The normalized spacial score (nSPS) is 15.2. The van der Waals surface area contributed by atoms with E-state index >= 15 is 0 Å². The second kappa shape index (κ2) is 12.8. The summed E-state index contributed by atoms with van der Waals surface area (Å²) in [5.41, 5.74) is 10.3. The number of pyridine rings is 1. The van der Waals surface area contributed by atoms with Crippen molar-refractivity contribution in [2.45, 2.75) is 37.9 Å². The molecule has 1 atom stereocenters. The van der Waals surface area contributed by atoms with Crippen LogP contribution in [0.3, 0.4) is 0 Å². The molecule has 0 amide bonds. The molecule has 5 rings (SSSR count). The van der Waals surface area contributed by atoms with Crippen molar-refractivity contribution in [3.8, 4) is 22.5 Å². The number of rotatable bonds is 5. The third-order valence-electron chi connectivity index (χ3n) is 7.19. The molecule has 2 aromatic heterocycles. The van der Waals surface area contributed by atoms with Crippen LogP contribution in [0, 0.1) is 10.2 Å². The Morgan fingerprint density at radius 2 is 1.57 bits per heavy atom. The van der Waals surface area contributed by atoms with E-state index in [0.717, 1.165) is 54.6 Å². The second-order valence-corrected chi connectivity index (χ2v) is 10.9. The Morgan fingerprint density at radius 3 is 2.12 bits per heavy atom. The van der Waals surface area contributed by atoms with Crippen LogP contribution >= 0.6 is 0 Å². The Labute approximate surface area is 243 Å². The molecule has 0 unspecified atom stereocenters. The van der Waals surface area contributed by atoms with E-state index in [1.807, 2.05) is 30.7 Å². The van der Waals surface area contributed by atoms with Crippen molar-refractivity contribution in [3.05, 3.63) is 90.0 Å². The number of aromatic nitrogens is 3. The van der Waals surface area contributed by atoms with Gasteiger partial charge in [-0.2, -0.15) is 27.1 Å². The van der Waals surface area contributed by atoms with Crippen LogP contribution in [0.4, 0.5) is 18.9 Å². The summed E-state index contributed by atoms with van der Waals surface area (Å²) in [6.45, 7) is 3.72. The van der Waals surface area contributed by atoms with Crippen LogP contribution in [-0.4, -0.2) is 32.3 Å². The summed E-state index contributed by atoms with van der Waals surface area (Å²) in [6, 6.07) is 17.5. The molecular weight excluding hydrogens is 575 g/mol. The average Bonchev–Trinajstić information content (AvgIpc) is 3.29. The minimum atomic E-state index is -4.69. The number of piperidine rings is 1. The largest absolute Gasteiger partial charge is 0.416 e. The van der Waals surface area contributed by atoms with Gasteiger partial charge in [0, 0.05) is 61.3 Å². The van der Waals surface area contributed by atoms with E-state index in [2.05, 4.69) is 34.1 Å². The quantitative estimate of drug-likeness (QED) is 0.352. The average molecular weight is 606 g/mol. The van der Waals surface area contributed by atoms with Gasteiger partial charge in [0.1, 0.15) is 5.82 Å². The van der Waals surface area contributed by atoms with Crippen molar-refractivity contribution in [2.24, 2.45) is 12.8 Å². The smallest absolute Gasteiger partial charge is 0.371 e. The molecule has 0 bridgehead atoms. The Kier molecular flexibility index (Phi) is 9.56. The molecule has 42 heavy (non-hydrogen) atoms. The van der Waals surface area contributed by atoms with Gasteiger partial charge in [-0.15, -0.1) is 0 Å². The highest BCUT2D eigenvalue weighted by Crippen LogP contribution is 2.39. The highest BCUT2D eigenvalue weighted by Gasteiger charge is 2.32. The van der Waals surface area contributed by atoms with E-state index in [1.54, 1.807) is 18.5 Å². The van der Waals surface area contributed by atoms with Gasteiger partial charge in [-0.3, -0.25) is 4.98 Å². The topological polar surface area (TPSA) is 149 Å². The second-order valence-electron chi connectivity index (χ2n) is 10.1. The first-order chi connectivity index (χ1) is 19.7. The van der Waals surface area contributed by atoms with Crippen molar-refractivity contribution >= 4 is 5.69 Å². The number of alkyl halides is 3. The Balaban J connectivity index is 0.000000748. The first-order valence-electron chi connectivity index (χ1n) is 13.1. The summed E-state index contributed by atoms with van der Waals surface area (Å²) >= 11 is 0. The lowest BCUT2D eigenvalue weighted by Gasteiger charge is -2.33. The summed E-state index contributed by atoms with van der Waals surface area (Å²) in [6.07, 6.45) is 0.757. The van der Waals surface area contributed by atoms with E-state index in [-0.39, 0.29) is 12.0 Å². The zero-order chi connectivity index (χ0) is 30.7. The molecule has 224 valence electrons. The molecule has 0 spiro atoms. The Hall–Kier alpha value is -3.52. The fourth-order valence-electron chi connectivity index (χ4n) is 5.15. The zero-order valence-corrected chi connectivity index (χ0v) is 23.7. The molecule has 13 heteroatoms. The minimum Gasteiger partial charge on any atom is -0.371 e. The number of nitrogens with two attached hydrogens (primary N) is 1. The fourth-order valence-corrected chi connectivity index (χ4v) is 5.15. The van der Waals surface area contributed by atoms with Crippen molar-refractivity contribution in [2.75, 3.05) is 18.0 Å². The van der Waals surface area contributed by atoms with Crippen LogP contribution in [0.1, 0.15) is 48.7 Å². The van der Waals surface area contributed by atoms with Crippen molar-refractivity contribution < 1.29 is 42.1 Å². The lowest BCUT2D eigenvalue weighted by molar-refractivity contribution is -1.92. The predicted octanol–water partition coefficient (Wildman–Crippen LogP) is 2.45. The number of benzene rings is 2. The summed E-state index contributed by atoms with van der Waals surface area (Å²) in [5.74, 6) is 1.09. The number of anilines is 1. The predicted molar refractivity (Wildman–Crippen MR) is 142 cm³/mol. The van der Waals surface area contributed by atoms with Crippen LogP contribution in [0.15, 0.2) is 73.1 Å². The van der Waals surface area contributed by atoms with Gasteiger partial charge in [0.25, 0.3) is 0 Å². The van der Waals surface area contributed by atoms with Crippen molar-refractivity contribution in [1.82, 2.24) is 14.5 Å². The first-order valence-corrected chi connectivity index (χ1v) is 14.4. The molecule has 4 aromatic rings. The zero-order valence-electron chi connectivity index (χ0n) is 23.0. The molecule has 9 nitrogen and oxygen atoms in total. The SMILES string of the molecule is C[C@H](N)c1ccc(N2CCC(c3nc(-c4cccc(C(F)(F)F)c4)c(-c4ccncc4)n3C)CC2)cc1.[O-][Cl+3]([O-])([O-])O. The van der Waals surface area contributed by atoms with Gasteiger partial charge in [0.15, 0.2) is 0 Å². The Morgan fingerprint density at radius 1 is 0.976 bits per heavy atom. The maximum Gasteiger partial charge on any atom is 0.416 e. The molecule has 3 N–H and O–H groups in total. The van der Waals surface area contributed by atoms with Gasteiger partial charge < -0.3 is 15.2 Å². The summed E-state index contributed by atoms with van der Waals surface area (Å²) < 4.78 is 75.2. The minimum absolute atomic E-state index is 0.00353. The van der Waals surface area contributed by atoms with Crippen LogP contribution in [0.5, 0.6) is 0 Å². The van der Waals surface area contributed by atoms with E-state index in [9.17, 15) is 13.2 Å². The number of imidazole rings is 1. The number of halogens is 4. The van der Waals surface area contributed by atoms with Crippen LogP contribution in [0.25, 0.3) is 22.5 Å².